The van der Waals surface area contributed by atoms with Crippen molar-refractivity contribution in [2.45, 2.75) is 51.6 Å². The number of methoxy groups -OCH3 is 1. The average molecular weight is 919 g/mol. The SMILES string of the molecule is COc1ccc(Oc2ccc(Oc3ccc(Oc4ccc(S(=O)(=O)c5ccc(C)c(C(F)(F)C(F)(F)C(F)(F)C(F)(F)C(F)(F)C(F)(F)S(=O)(=O)O)c5)cc4)cc3)cc2)cc1. The van der Waals surface area contributed by atoms with Crippen LogP contribution in [0.2, 0.25) is 0 Å². The van der Waals surface area contributed by atoms with Crippen LogP contribution in [0.5, 0.6) is 40.2 Å². The molecule has 0 aliphatic carbocycles. The Labute approximate surface area is 337 Å². The topological polar surface area (TPSA) is 125 Å². The molecule has 0 spiro atoms. The van der Waals surface area contributed by atoms with E-state index in [9.17, 15) is 60.7 Å². The van der Waals surface area contributed by atoms with Crippen LogP contribution in [-0.4, -0.2) is 57.4 Å². The normalized spacial score (nSPS) is 13.4. The fraction of sp³-hybridized carbons (Fsp3) is 0.211. The lowest BCUT2D eigenvalue weighted by molar-refractivity contribution is -0.419. The highest BCUT2D eigenvalue weighted by atomic mass is 32.2. The first-order valence-corrected chi connectivity index (χ1v) is 19.5. The Morgan fingerprint density at radius 1 is 0.443 bits per heavy atom. The molecule has 0 saturated heterocycles. The van der Waals surface area contributed by atoms with E-state index < -0.39 is 75.7 Å². The Balaban J connectivity index is 1.30. The maximum Gasteiger partial charge on any atom is 0.438 e. The van der Waals surface area contributed by atoms with Gasteiger partial charge in [0.2, 0.25) is 9.84 Å². The third kappa shape index (κ3) is 8.37. The van der Waals surface area contributed by atoms with Crippen molar-refractivity contribution in [2.75, 3.05) is 7.11 Å². The number of ether oxygens (including phenoxy) is 4. The smallest absolute Gasteiger partial charge is 0.438 e. The minimum absolute atomic E-state index is 0.0182. The molecule has 328 valence electrons. The molecule has 0 aliphatic heterocycles. The quantitative estimate of drug-likeness (QED) is 0.0760. The third-order valence-corrected chi connectivity index (χ3v) is 11.3. The molecule has 0 aliphatic rings. The molecular weight excluding hydrogens is 893 g/mol. The van der Waals surface area contributed by atoms with Crippen molar-refractivity contribution in [1.82, 2.24) is 0 Å². The second-order valence-electron chi connectivity index (χ2n) is 12.7. The molecule has 5 aromatic carbocycles. The highest BCUT2D eigenvalue weighted by Gasteiger charge is 2.92. The minimum atomic E-state index is -8.31. The average Bonchev–Trinajstić information content (AvgIpc) is 3.19. The molecule has 23 heteroatoms. The van der Waals surface area contributed by atoms with E-state index in [0.717, 1.165) is 24.3 Å². The highest BCUT2D eigenvalue weighted by Crippen LogP contribution is 2.62. The lowest BCUT2D eigenvalue weighted by Crippen LogP contribution is -2.71. The lowest BCUT2D eigenvalue weighted by atomic mass is 9.89. The van der Waals surface area contributed by atoms with Crippen LogP contribution in [0.4, 0.5) is 52.7 Å². The van der Waals surface area contributed by atoms with Gasteiger partial charge in [-0.2, -0.15) is 61.1 Å². The second kappa shape index (κ2) is 16.0. The fourth-order valence-electron chi connectivity index (χ4n) is 5.24. The number of aryl methyl sites for hydroxylation is 1. The van der Waals surface area contributed by atoms with Gasteiger partial charge in [0.1, 0.15) is 40.2 Å². The Morgan fingerprint density at radius 2 is 0.754 bits per heavy atom. The molecule has 0 aromatic heterocycles. The predicted octanol–water partition coefficient (Wildman–Crippen LogP) is 11.3. The fourth-order valence-corrected chi connectivity index (χ4v) is 6.98. The lowest BCUT2D eigenvalue weighted by Gasteiger charge is -2.40. The second-order valence-corrected chi connectivity index (χ2v) is 16.2. The van der Waals surface area contributed by atoms with Crippen molar-refractivity contribution in [3.8, 4) is 40.2 Å². The van der Waals surface area contributed by atoms with Crippen molar-refractivity contribution < 1.29 is 93.0 Å². The van der Waals surface area contributed by atoms with Gasteiger partial charge in [0.15, 0.2) is 0 Å². The van der Waals surface area contributed by atoms with Gasteiger partial charge in [0.05, 0.1) is 16.9 Å². The summed E-state index contributed by atoms with van der Waals surface area (Å²) in [6.45, 7) is 0.468. The van der Waals surface area contributed by atoms with Crippen LogP contribution in [0.1, 0.15) is 11.1 Å². The van der Waals surface area contributed by atoms with E-state index in [1.54, 1.807) is 48.5 Å². The number of benzene rings is 5. The maximum absolute atomic E-state index is 15.2. The van der Waals surface area contributed by atoms with Crippen LogP contribution in [0, 0.1) is 6.92 Å². The van der Waals surface area contributed by atoms with Crippen molar-refractivity contribution in [3.05, 3.63) is 126 Å². The summed E-state index contributed by atoms with van der Waals surface area (Å²) < 4.78 is 251. The molecule has 61 heavy (non-hydrogen) atoms. The van der Waals surface area contributed by atoms with Crippen LogP contribution < -0.4 is 18.9 Å². The van der Waals surface area contributed by atoms with E-state index in [4.69, 9.17) is 23.5 Å². The molecule has 0 heterocycles. The summed E-state index contributed by atoms with van der Waals surface area (Å²) in [5.41, 5.74) is -3.66. The predicted molar refractivity (Wildman–Crippen MR) is 189 cm³/mol. The van der Waals surface area contributed by atoms with Crippen LogP contribution in [0.25, 0.3) is 0 Å². The molecule has 0 bridgehead atoms. The van der Waals surface area contributed by atoms with Crippen LogP contribution in [0.15, 0.2) is 125 Å². The van der Waals surface area contributed by atoms with Gasteiger partial charge in [-0.1, -0.05) is 6.07 Å². The zero-order valence-electron chi connectivity index (χ0n) is 30.5. The minimum Gasteiger partial charge on any atom is -0.497 e. The number of sulfone groups is 1. The van der Waals surface area contributed by atoms with E-state index in [0.29, 0.717) is 47.8 Å². The van der Waals surface area contributed by atoms with Gasteiger partial charge in [0, 0.05) is 5.56 Å². The number of rotatable bonds is 16. The molecule has 0 atom stereocenters. The number of alkyl halides is 12. The van der Waals surface area contributed by atoms with Gasteiger partial charge in [-0.25, -0.2) is 8.42 Å². The summed E-state index contributed by atoms with van der Waals surface area (Å²) in [7, 11) is -11.3. The first kappa shape index (κ1) is 46.4. The molecule has 5 aromatic rings. The summed E-state index contributed by atoms with van der Waals surface area (Å²) in [6.07, 6.45) is 0. The number of hydrogen-bond donors (Lipinski definition) is 1. The van der Waals surface area contributed by atoms with Crippen molar-refractivity contribution in [3.63, 3.8) is 0 Å². The molecule has 0 saturated carbocycles. The van der Waals surface area contributed by atoms with E-state index in [2.05, 4.69) is 0 Å². The zero-order valence-corrected chi connectivity index (χ0v) is 32.2. The Kier molecular flexibility index (Phi) is 12.1. The van der Waals surface area contributed by atoms with Gasteiger partial charge in [-0.15, -0.1) is 0 Å². The molecular formula is C38H26F12O9S2. The van der Waals surface area contributed by atoms with E-state index >= 15 is 8.78 Å². The molecule has 0 unspecified atom stereocenters. The van der Waals surface area contributed by atoms with Gasteiger partial charge >= 0.3 is 45.0 Å². The maximum atomic E-state index is 15.2. The summed E-state index contributed by atoms with van der Waals surface area (Å²) in [5, 5.41) is -7.60. The molecule has 0 radical (unpaired) electrons. The van der Waals surface area contributed by atoms with Crippen LogP contribution in [0.3, 0.4) is 0 Å². The first-order chi connectivity index (χ1) is 28.0. The van der Waals surface area contributed by atoms with E-state index in [1.807, 2.05) is 0 Å². The summed E-state index contributed by atoms with van der Waals surface area (Å²) >= 11 is 0. The standard InChI is InChI=1S/C38H26F12O9S2/c1-22-3-18-31(21-32(22)33(39,40)34(41,42)35(43,44)36(45,46)37(47,48)38(49,50)61(53,54)55)60(51,52)30-19-16-29(17-20-30)59-28-14-12-27(13-15-28)58-26-10-8-25(9-11-26)57-24-6-4-23(56-2)5-7-24/h3-21H,1-2H3,(H,53,54,55). The van der Waals surface area contributed by atoms with E-state index in [1.165, 1.54) is 31.4 Å². The van der Waals surface area contributed by atoms with Crippen LogP contribution >= 0.6 is 0 Å². The Bertz CT molecular complexity index is 2590. The molecule has 0 fully saturated rings. The first-order valence-electron chi connectivity index (χ1n) is 16.6. The Morgan fingerprint density at radius 3 is 1.10 bits per heavy atom. The van der Waals surface area contributed by atoms with Gasteiger partial charge < -0.3 is 18.9 Å². The van der Waals surface area contributed by atoms with Gasteiger partial charge in [-0.05, 0) is 122 Å². The summed E-state index contributed by atoms with van der Waals surface area (Å²) in [5.74, 6) is -36.5. The number of hydrogen-bond acceptors (Lipinski definition) is 8. The zero-order chi connectivity index (χ0) is 45.6. The van der Waals surface area contributed by atoms with E-state index in [-0.39, 0.29) is 17.6 Å². The molecule has 9 nitrogen and oxygen atoms in total. The van der Waals surface area contributed by atoms with Gasteiger partial charge in [-0.3, -0.25) is 4.55 Å². The number of halogens is 12. The third-order valence-electron chi connectivity index (χ3n) is 8.67. The Hall–Kier alpha value is -5.68. The molecule has 1 N–H and O–H groups in total. The summed E-state index contributed by atoms with van der Waals surface area (Å²) in [6, 6.07) is 23.7. The molecule has 5 rings (SSSR count). The van der Waals surface area contributed by atoms with Crippen molar-refractivity contribution in [2.24, 2.45) is 0 Å². The summed E-state index contributed by atoms with van der Waals surface area (Å²) in [4.78, 5) is -2.09. The monoisotopic (exact) mass is 918 g/mol. The van der Waals surface area contributed by atoms with Gasteiger partial charge in [0.25, 0.3) is 0 Å². The largest absolute Gasteiger partial charge is 0.497 e. The van der Waals surface area contributed by atoms with Crippen molar-refractivity contribution >= 4 is 20.0 Å². The van der Waals surface area contributed by atoms with Crippen LogP contribution in [-0.2, 0) is 25.9 Å². The molecule has 0 amide bonds. The van der Waals surface area contributed by atoms with Crippen molar-refractivity contribution in [1.29, 1.82) is 0 Å². The highest BCUT2D eigenvalue weighted by molar-refractivity contribution is 7.91.